The molecule has 1 atom stereocenters. The fourth-order valence-electron chi connectivity index (χ4n) is 0.798. The molecule has 0 aromatic heterocycles. The monoisotopic (exact) mass is 225 g/mol. The van der Waals surface area contributed by atoms with Crippen LogP contribution in [0.25, 0.3) is 0 Å². The molecule has 1 N–H and O–H groups in total. The first-order chi connectivity index (χ1) is 6.40. The largest absolute Gasteiger partial charge is 0.477 e. The molecule has 6 nitrogen and oxygen atoms in total. The van der Waals surface area contributed by atoms with Gasteiger partial charge in [0.1, 0.15) is 6.26 Å². The summed E-state index contributed by atoms with van der Waals surface area (Å²) in [5, 5.41) is 0. The van der Waals surface area contributed by atoms with E-state index < -0.39 is 10.4 Å². The first kappa shape index (κ1) is 13.2. The van der Waals surface area contributed by atoms with Crippen LogP contribution in [0.4, 0.5) is 0 Å². The summed E-state index contributed by atoms with van der Waals surface area (Å²) >= 11 is 0. The van der Waals surface area contributed by atoms with E-state index in [9.17, 15) is 8.42 Å². The highest BCUT2D eigenvalue weighted by atomic mass is 32.3. The molecule has 1 aliphatic heterocycles. The van der Waals surface area contributed by atoms with E-state index in [1.54, 1.807) is 6.26 Å². The minimum absolute atomic E-state index is 0.287. The third-order valence-corrected chi connectivity index (χ3v) is 1.97. The van der Waals surface area contributed by atoms with Crippen molar-refractivity contribution in [3.63, 3.8) is 0 Å². The fourth-order valence-corrected chi connectivity index (χ4v) is 0.798. The molecule has 0 saturated heterocycles. The minimum atomic E-state index is -4.16. The van der Waals surface area contributed by atoms with Crippen molar-refractivity contribution < 1.29 is 21.9 Å². The highest BCUT2D eigenvalue weighted by Crippen LogP contribution is 2.10. The van der Waals surface area contributed by atoms with Crippen LogP contribution in [0.5, 0.6) is 0 Å². The molecule has 0 aliphatic carbocycles. The zero-order valence-corrected chi connectivity index (χ0v) is 9.19. The van der Waals surface area contributed by atoms with E-state index in [1.807, 2.05) is 13.2 Å². The van der Waals surface area contributed by atoms with Gasteiger partial charge in [-0.15, -0.1) is 0 Å². The molecular formula is C7H15NO5S. The highest BCUT2D eigenvalue weighted by molar-refractivity contribution is 7.80. The molecular weight excluding hydrogens is 210 g/mol. The van der Waals surface area contributed by atoms with Crippen molar-refractivity contribution in [2.45, 2.75) is 19.6 Å². The van der Waals surface area contributed by atoms with Gasteiger partial charge in [-0.25, -0.2) is 0 Å². The Hall–Kier alpha value is -0.790. The lowest BCUT2D eigenvalue weighted by atomic mass is 10.4. The second-order valence-electron chi connectivity index (χ2n) is 2.54. The zero-order valence-electron chi connectivity index (χ0n) is 8.37. The van der Waals surface area contributed by atoms with Gasteiger partial charge < -0.3 is 9.64 Å². The average Bonchev–Trinajstić information content (AvgIpc) is 2.51. The Morgan fingerprint density at radius 1 is 1.64 bits per heavy atom. The summed E-state index contributed by atoms with van der Waals surface area (Å²) < 4.78 is 34.9. The molecule has 1 rings (SSSR count). The van der Waals surface area contributed by atoms with Gasteiger partial charge in [-0.05, 0) is 0 Å². The van der Waals surface area contributed by atoms with Gasteiger partial charge in [0, 0.05) is 19.7 Å². The highest BCUT2D eigenvalue weighted by Gasteiger charge is 2.12. The molecule has 0 saturated carbocycles. The summed E-state index contributed by atoms with van der Waals surface area (Å²) in [6.07, 6.45) is 5.00. The van der Waals surface area contributed by atoms with Crippen LogP contribution in [-0.2, 0) is 19.3 Å². The van der Waals surface area contributed by atoms with Gasteiger partial charge in [-0.3, -0.25) is 8.74 Å². The summed E-state index contributed by atoms with van der Waals surface area (Å²) in [5.74, 6) is 0. The van der Waals surface area contributed by atoms with E-state index in [2.05, 4.69) is 16.0 Å². The zero-order chi connectivity index (χ0) is 11.2. The second-order valence-corrected chi connectivity index (χ2v) is 3.73. The Kier molecular flexibility index (Phi) is 5.51. The lowest BCUT2D eigenvalue weighted by Crippen LogP contribution is -2.22. The van der Waals surface area contributed by atoms with E-state index in [-0.39, 0.29) is 6.23 Å². The Balaban J connectivity index is 0.000000255. The predicted molar refractivity (Wildman–Crippen MR) is 50.6 cm³/mol. The van der Waals surface area contributed by atoms with Gasteiger partial charge in [-0.1, -0.05) is 6.92 Å². The van der Waals surface area contributed by atoms with E-state index in [0.717, 1.165) is 13.5 Å². The molecule has 1 heterocycles. The number of ether oxygens (including phenoxy) is 1. The van der Waals surface area contributed by atoms with Crippen LogP contribution in [0, 0.1) is 0 Å². The van der Waals surface area contributed by atoms with E-state index in [1.165, 1.54) is 0 Å². The molecule has 84 valence electrons. The molecule has 0 spiro atoms. The van der Waals surface area contributed by atoms with Gasteiger partial charge in [0.05, 0.1) is 7.11 Å². The normalized spacial score (nSPS) is 20.0. The van der Waals surface area contributed by atoms with Gasteiger partial charge in [0.2, 0.25) is 0 Å². The molecule has 0 aromatic rings. The van der Waals surface area contributed by atoms with E-state index >= 15 is 0 Å². The molecule has 0 radical (unpaired) electrons. The second kappa shape index (κ2) is 5.84. The van der Waals surface area contributed by atoms with Crippen LogP contribution in [0.15, 0.2) is 12.5 Å². The molecule has 7 heteroatoms. The molecule has 1 unspecified atom stereocenters. The van der Waals surface area contributed by atoms with Gasteiger partial charge in [0.25, 0.3) is 0 Å². The maximum atomic E-state index is 9.33. The van der Waals surface area contributed by atoms with Crippen LogP contribution < -0.4 is 0 Å². The first-order valence-corrected chi connectivity index (χ1v) is 5.34. The fraction of sp³-hybridized carbons (Fsp3) is 0.714. The maximum absolute atomic E-state index is 9.33. The number of nitrogens with zero attached hydrogens (tertiary/aromatic N) is 1. The van der Waals surface area contributed by atoms with E-state index in [4.69, 9.17) is 9.29 Å². The van der Waals surface area contributed by atoms with Crippen LogP contribution in [0.2, 0.25) is 0 Å². The van der Waals surface area contributed by atoms with Crippen molar-refractivity contribution in [3.8, 4) is 0 Å². The van der Waals surface area contributed by atoms with Crippen LogP contribution in [0.1, 0.15) is 13.3 Å². The average molecular weight is 225 g/mol. The summed E-state index contributed by atoms with van der Waals surface area (Å²) in [4.78, 5) is 2.06. The third-order valence-electron chi connectivity index (χ3n) is 1.55. The van der Waals surface area contributed by atoms with Crippen LogP contribution in [-0.4, -0.2) is 38.3 Å². The van der Waals surface area contributed by atoms with Crippen molar-refractivity contribution in [2.24, 2.45) is 0 Å². The van der Waals surface area contributed by atoms with Gasteiger partial charge >= 0.3 is 10.4 Å². The first-order valence-electron chi connectivity index (χ1n) is 3.97. The number of rotatable bonds is 2. The van der Waals surface area contributed by atoms with Crippen LogP contribution in [0.3, 0.4) is 0 Å². The minimum Gasteiger partial charge on any atom is -0.477 e. The Bertz CT molecular complexity index is 274. The van der Waals surface area contributed by atoms with Gasteiger partial charge in [0.15, 0.2) is 6.23 Å². The predicted octanol–water partition coefficient (Wildman–Crippen LogP) is 0.591. The lowest BCUT2D eigenvalue weighted by molar-refractivity contribution is 0.0699. The quantitative estimate of drug-likeness (QED) is 0.693. The molecule has 0 aromatic carbocycles. The molecule has 0 fully saturated rings. The maximum Gasteiger partial charge on any atom is 0.397 e. The summed E-state index contributed by atoms with van der Waals surface area (Å²) in [5.41, 5.74) is 0. The SMILES string of the molecule is CCC1OC=CN1C.COS(=O)(=O)O. The molecule has 14 heavy (non-hydrogen) atoms. The van der Waals surface area contributed by atoms with E-state index in [0.29, 0.717) is 0 Å². The smallest absolute Gasteiger partial charge is 0.397 e. The molecule has 1 aliphatic rings. The topological polar surface area (TPSA) is 76.1 Å². The summed E-state index contributed by atoms with van der Waals surface area (Å²) in [6.45, 7) is 2.11. The van der Waals surface area contributed by atoms with Crippen molar-refractivity contribution in [3.05, 3.63) is 12.5 Å². The Morgan fingerprint density at radius 2 is 2.14 bits per heavy atom. The summed E-state index contributed by atoms with van der Waals surface area (Å²) in [7, 11) is -1.28. The summed E-state index contributed by atoms with van der Waals surface area (Å²) in [6, 6.07) is 0. The Morgan fingerprint density at radius 3 is 2.29 bits per heavy atom. The number of hydrogen-bond acceptors (Lipinski definition) is 5. The van der Waals surface area contributed by atoms with Crippen molar-refractivity contribution >= 4 is 10.4 Å². The van der Waals surface area contributed by atoms with Crippen molar-refractivity contribution in [1.82, 2.24) is 4.90 Å². The Labute approximate surface area is 84.1 Å². The van der Waals surface area contributed by atoms with Gasteiger partial charge in [-0.2, -0.15) is 8.42 Å². The van der Waals surface area contributed by atoms with Crippen molar-refractivity contribution in [1.29, 1.82) is 0 Å². The molecule has 0 bridgehead atoms. The van der Waals surface area contributed by atoms with Crippen molar-refractivity contribution in [2.75, 3.05) is 14.2 Å². The standard InChI is InChI=1S/C6H11NO.CH4O4S/c1-3-6-7(2)4-5-8-6;1-5-6(2,3)4/h4-6H,3H2,1-2H3;1H3,(H,2,3,4). The lowest BCUT2D eigenvalue weighted by Gasteiger charge is -2.16. The molecule has 0 amide bonds. The van der Waals surface area contributed by atoms with Crippen LogP contribution >= 0.6 is 0 Å². The number of hydrogen-bond donors (Lipinski definition) is 1. The third kappa shape index (κ3) is 5.79.